The monoisotopic (exact) mass is 256 g/mol. The standard InChI is InChI=1S/C14H28N2O2/c1-11(10-18-2)8-14(17)16-13(9-15)12-6-4-3-5-7-12/h11-13H,3-10,15H2,1-2H3,(H,16,17). The van der Waals surface area contributed by atoms with Crippen LogP contribution < -0.4 is 11.1 Å². The number of hydrogen-bond acceptors (Lipinski definition) is 3. The molecular weight excluding hydrogens is 228 g/mol. The van der Waals surface area contributed by atoms with Crippen LogP contribution in [0.25, 0.3) is 0 Å². The lowest BCUT2D eigenvalue weighted by atomic mass is 9.84. The zero-order valence-corrected chi connectivity index (χ0v) is 11.8. The third-order valence-corrected chi connectivity index (χ3v) is 3.80. The Kier molecular flexibility index (Phi) is 7.28. The summed E-state index contributed by atoms with van der Waals surface area (Å²) in [5.41, 5.74) is 5.80. The van der Waals surface area contributed by atoms with Gasteiger partial charge in [-0.2, -0.15) is 0 Å². The molecule has 1 saturated carbocycles. The topological polar surface area (TPSA) is 64.3 Å². The summed E-state index contributed by atoms with van der Waals surface area (Å²) in [6, 6.07) is 0.160. The van der Waals surface area contributed by atoms with Crippen LogP contribution in [-0.4, -0.2) is 32.2 Å². The van der Waals surface area contributed by atoms with E-state index < -0.39 is 0 Å². The molecule has 0 aliphatic heterocycles. The lowest BCUT2D eigenvalue weighted by molar-refractivity contribution is -0.123. The van der Waals surface area contributed by atoms with Crippen LogP contribution in [0.2, 0.25) is 0 Å². The number of nitrogens with one attached hydrogen (secondary N) is 1. The normalized spacial score (nSPS) is 20.4. The fourth-order valence-electron chi connectivity index (χ4n) is 2.83. The van der Waals surface area contributed by atoms with Crippen molar-refractivity contribution in [3.8, 4) is 0 Å². The number of carbonyl (C=O) groups is 1. The molecule has 0 radical (unpaired) electrons. The van der Waals surface area contributed by atoms with Crippen molar-refractivity contribution in [1.29, 1.82) is 0 Å². The van der Waals surface area contributed by atoms with Gasteiger partial charge in [-0.15, -0.1) is 0 Å². The second-order valence-corrected chi connectivity index (χ2v) is 5.57. The minimum Gasteiger partial charge on any atom is -0.384 e. The number of carbonyl (C=O) groups excluding carboxylic acids is 1. The van der Waals surface area contributed by atoms with Crippen LogP contribution in [0.4, 0.5) is 0 Å². The van der Waals surface area contributed by atoms with E-state index in [-0.39, 0.29) is 17.9 Å². The summed E-state index contributed by atoms with van der Waals surface area (Å²) in [5.74, 6) is 0.950. The fourth-order valence-corrected chi connectivity index (χ4v) is 2.83. The Morgan fingerprint density at radius 1 is 1.39 bits per heavy atom. The van der Waals surface area contributed by atoms with Gasteiger partial charge in [-0.3, -0.25) is 4.79 Å². The van der Waals surface area contributed by atoms with Crippen LogP contribution in [0.3, 0.4) is 0 Å². The molecule has 0 aromatic carbocycles. The van der Waals surface area contributed by atoms with Gasteiger partial charge in [0.25, 0.3) is 0 Å². The Morgan fingerprint density at radius 2 is 2.06 bits per heavy atom. The van der Waals surface area contributed by atoms with Crippen molar-refractivity contribution in [2.24, 2.45) is 17.6 Å². The van der Waals surface area contributed by atoms with Gasteiger partial charge in [0.15, 0.2) is 0 Å². The molecule has 1 aliphatic carbocycles. The van der Waals surface area contributed by atoms with Crippen molar-refractivity contribution in [3.63, 3.8) is 0 Å². The molecule has 0 aromatic rings. The first kappa shape index (κ1) is 15.4. The van der Waals surface area contributed by atoms with E-state index in [2.05, 4.69) is 5.32 Å². The largest absolute Gasteiger partial charge is 0.384 e. The third kappa shape index (κ3) is 5.36. The van der Waals surface area contributed by atoms with Crippen LogP contribution in [0.5, 0.6) is 0 Å². The number of nitrogens with two attached hydrogens (primary N) is 1. The molecule has 18 heavy (non-hydrogen) atoms. The molecule has 106 valence electrons. The van der Waals surface area contributed by atoms with E-state index in [0.717, 1.165) is 0 Å². The minimum absolute atomic E-state index is 0.112. The minimum atomic E-state index is 0.112. The maximum absolute atomic E-state index is 11.9. The fraction of sp³-hybridized carbons (Fsp3) is 0.929. The molecule has 1 fully saturated rings. The second-order valence-electron chi connectivity index (χ2n) is 5.57. The highest BCUT2D eigenvalue weighted by atomic mass is 16.5. The number of hydrogen-bond donors (Lipinski definition) is 2. The van der Waals surface area contributed by atoms with Crippen LogP contribution in [-0.2, 0) is 9.53 Å². The van der Waals surface area contributed by atoms with Crippen molar-refractivity contribution in [2.45, 2.75) is 51.5 Å². The number of amides is 1. The van der Waals surface area contributed by atoms with Gasteiger partial charge in [-0.05, 0) is 24.7 Å². The van der Waals surface area contributed by atoms with Crippen molar-refractivity contribution in [2.75, 3.05) is 20.3 Å². The van der Waals surface area contributed by atoms with Gasteiger partial charge in [0.1, 0.15) is 0 Å². The van der Waals surface area contributed by atoms with Gasteiger partial charge in [0.05, 0.1) is 0 Å². The predicted molar refractivity (Wildman–Crippen MR) is 73.2 cm³/mol. The van der Waals surface area contributed by atoms with E-state index in [9.17, 15) is 4.79 Å². The Hall–Kier alpha value is -0.610. The molecule has 0 saturated heterocycles. The summed E-state index contributed by atoms with van der Waals surface area (Å²) in [5, 5.41) is 3.11. The summed E-state index contributed by atoms with van der Waals surface area (Å²) in [7, 11) is 1.67. The highest BCUT2D eigenvalue weighted by Gasteiger charge is 2.24. The van der Waals surface area contributed by atoms with Crippen molar-refractivity contribution >= 4 is 5.91 Å². The van der Waals surface area contributed by atoms with Crippen LogP contribution in [0.1, 0.15) is 45.4 Å². The molecular formula is C14H28N2O2. The molecule has 1 rings (SSSR count). The van der Waals surface area contributed by atoms with Crippen LogP contribution in [0.15, 0.2) is 0 Å². The van der Waals surface area contributed by atoms with Gasteiger partial charge in [-0.25, -0.2) is 0 Å². The Morgan fingerprint density at radius 3 is 2.61 bits per heavy atom. The van der Waals surface area contributed by atoms with Gasteiger partial charge < -0.3 is 15.8 Å². The van der Waals surface area contributed by atoms with E-state index in [1.807, 2.05) is 6.92 Å². The lowest BCUT2D eigenvalue weighted by Crippen LogP contribution is -2.46. The van der Waals surface area contributed by atoms with Gasteiger partial charge in [-0.1, -0.05) is 26.2 Å². The Bertz CT molecular complexity index is 240. The SMILES string of the molecule is COCC(C)CC(=O)NC(CN)C1CCCCC1. The van der Waals surface area contributed by atoms with E-state index in [1.165, 1.54) is 32.1 Å². The number of methoxy groups -OCH3 is 1. The Balaban J connectivity index is 2.34. The quantitative estimate of drug-likeness (QED) is 0.728. The molecule has 3 N–H and O–H groups in total. The first-order valence-electron chi connectivity index (χ1n) is 7.15. The zero-order valence-electron chi connectivity index (χ0n) is 11.8. The highest BCUT2D eigenvalue weighted by Crippen LogP contribution is 2.26. The first-order chi connectivity index (χ1) is 8.67. The van der Waals surface area contributed by atoms with E-state index in [0.29, 0.717) is 25.5 Å². The molecule has 0 aromatic heterocycles. The zero-order chi connectivity index (χ0) is 13.4. The van der Waals surface area contributed by atoms with Gasteiger partial charge in [0.2, 0.25) is 5.91 Å². The highest BCUT2D eigenvalue weighted by molar-refractivity contribution is 5.76. The molecule has 4 heteroatoms. The average molecular weight is 256 g/mol. The summed E-state index contributed by atoms with van der Waals surface area (Å²) in [6.45, 7) is 3.21. The van der Waals surface area contributed by atoms with Gasteiger partial charge in [0, 0.05) is 32.7 Å². The average Bonchev–Trinajstić information content (AvgIpc) is 2.37. The molecule has 1 aliphatic rings. The molecule has 2 atom stereocenters. The molecule has 4 nitrogen and oxygen atoms in total. The molecule has 0 spiro atoms. The second kappa shape index (κ2) is 8.48. The maximum Gasteiger partial charge on any atom is 0.220 e. The lowest BCUT2D eigenvalue weighted by Gasteiger charge is -2.30. The van der Waals surface area contributed by atoms with E-state index in [1.54, 1.807) is 7.11 Å². The summed E-state index contributed by atoms with van der Waals surface area (Å²) < 4.78 is 5.05. The molecule has 1 amide bonds. The van der Waals surface area contributed by atoms with E-state index in [4.69, 9.17) is 10.5 Å². The van der Waals surface area contributed by atoms with Crippen LogP contribution >= 0.6 is 0 Å². The maximum atomic E-state index is 11.9. The van der Waals surface area contributed by atoms with Crippen molar-refractivity contribution in [1.82, 2.24) is 5.32 Å². The first-order valence-corrected chi connectivity index (χ1v) is 7.15. The molecule has 2 unspecified atom stereocenters. The van der Waals surface area contributed by atoms with Crippen molar-refractivity contribution < 1.29 is 9.53 Å². The van der Waals surface area contributed by atoms with Crippen molar-refractivity contribution in [3.05, 3.63) is 0 Å². The Labute approximate surface area is 111 Å². The number of ether oxygens (including phenoxy) is 1. The van der Waals surface area contributed by atoms with Crippen LogP contribution in [0, 0.1) is 11.8 Å². The summed E-state index contributed by atoms with van der Waals surface area (Å²) in [4.78, 5) is 11.9. The summed E-state index contributed by atoms with van der Waals surface area (Å²) in [6.07, 6.45) is 6.81. The van der Waals surface area contributed by atoms with Gasteiger partial charge >= 0.3 is 0 Å². The molecule has 0 heterocycles. The van der Waals surface area contributed by atoms with E-state index >= 15 is 0 Å². The number of rotatable bonds is 7. The smallest absolute Gasteiger partial charge is 0.220 e. The molecule has 0 bridgehead atoms. The summed E-state index contributed by atoms with van der Waals surface area (Å²) >= 11 is 0. The third-order valence-electron chi connectivity index (χ3n) is 3.80. The predicted octanol–water partition coefficient (Wildman–Crippen LogP) is 1.68.